The fraction of sp³-hybridized carbons (Fsp3) is 0.636. The maximum Gasteiger partial charge on any atom is 0.225 e. The lowest BCUT2D eigenvalue weighted by Gasteiger charge is -2.20. The van der Waals surface area contributed by atoms with Crippen LogP contribution in [0.25, 0.3) is 0 Å². The van der Waals surface area contributed by atoms with E-state index in [2.05, 4.69) is 21.7 Å². The Morgan fingerprint density at radius 1 is 1.34 bits per heavy atom. The third-order valence-electron chi connectivity index (χ3n) is 5.02. The zero-order valence-electron chi connectivity index (χ0n) is 18.5. The lowest BCUT2D eigenvalue weighted by atomic mass is 10.1. The standard InChI is InChI=1S/C22H36N4O3/c1-6-29-20-14-17(9-10-19(20)28-5)8-7-12-24-22(23-4)25-18-11-13-26(15-18)21(27)16(2)3/h9-10,14,16,18H,6-8,11-13,15H2,1-5H3,(H2,23,24,25). The van der Waals surface area contributed by atoms with Gasteiger partial charge < -0.3 is 25.0 Å². The first-order valence-electron chi connectivity index (χ1n) is 10.5. The van der Waals surface area contributed by atoms with Crippen molar-refractivity contribution >= 4 is 11.9 Å². The number of nitrogens with zero attached hydrogens (tertiary/aromatic N) is 2. The maximum absolute atomic E-state index is 12.1. The van der Waals surface area contributed by atoms with Crippen LogP contribution in [-0.2, 0) is 11.2 Å². The smallest absolute Gasteiger partial charge is 0.225 e. The van der Waals surface area contributed by atoms with E-state index in [1.807, 2.05) is 37.8 Å². The second-order valence-corrected chi connectivity index (χ2v) is 7.59. The predicted octanol–water partition coefficient (Wildman–Crippen LogP) is 2.45. The molecular weight excluding hydrogens is 368 g/mol. The molecule has 0 radical (unpaired) electrons. The second kappa shape index (κ2) is 11.5. The predicted molar refractivity (Wildman–Crippen MR) is 117 cm³/mol. The van der Waals surface area contributed by atoms with Gasteiger partial charge in [-0.15, -0.1) is 0 Å². The molecule has 1 saturated heterocycles. The normalized spacial score (nSPS) is 16.8. The number of hydrogen-bond acceptors (Lipinski definition) is 4. The summed E-state index contributed by atoms with van der Waals surface area (Å²) in [5.74, 6) is 2.62. The number of hydrogen-bond donors (Lipinski definition) is 2. The van der Waals surface area contributed by atoms with Crippen molar-refractivity contribution in [1.29, 1.82) is 0 Å². The van der Waals surface area contributed by atoms with Gasteiger partial charge in [0.1, 0.15) is 0 Å². The Morgan fingerprint density at radius 2 is 2.14 bits per heavy atom. The van der Waals surface area contributed by atoms with Crippen molar-refractivity contribution in [2.24, 2.45) is 10.9 Å². The highest BCUT2D eigenvalue weighted by Crippen LogP contribution is 2.28. The molecule has 0 bridgehead atoms. The molecule has 1 aromatic rings. The van der Waals surface area contributed by atoms with Crippen molar-refractivity contribution in [1.82, 2.24) is 15.5 Å². The van der Waals surface area contributed by atoms with Gasteiger partial charge in [0, 0.05) is 38.6 Å². The first-order chi connectivity index (χ1) is 14.0. The Labute approximate surface area is 174 Å². The zero-order chi connectivity index (χ0) is 21.2. The number of rotatable bonds is 9. The fourth-order valence-corrected chi connectivity index (χ4v) is 3.48. The molecule has 7 nitrogen and oxygen atoms in total. The zero-order valence-corrected chi connectivity index (χ0v) is 18.5. The van der Waals surface area contributed by atoms with Crippen LogP contribution in [0.15, 0.2) is 23.2 Å². The Balaban J connectivity index is 1.75. The minimum absolute atomic E-state index is 0.0485. The van der Waals surface area contributed by atoms with Gasteiger partial charge >= 0.3 is 0 Å². The Morgan fingerprint density at radius 3 is 2.79 bits per heavy atom. The lowest BCUT2D eigenvalue weighted by molar-refractivity contribution is -0.133. The van der Waals surface area contributed by atoms with Crippen molar-refractivity contribution in [3.8, 4) is 11.5 Å². The quantitative estimate of drug-likeness (QED) is 0.376. The maximum atomic E-state index is 12.1. The minimum Gasteiger partial charge on any atom is -0.493 e. The molecule has 1 aromatic carbocycles. The highest BCUT2D eigenvalue weighted by Gasteiger charge is 2.27. The molecule has 0 aliphatic carbocycles. The van der Waals surface area contributed by atoms with Gasteiger partial charge in [0.05, 0.1) is 13.7 Å². The van der Waals surface area contributed by atoms with Crippen molar-refractivity contribution < 1.29 is 14.3 Å². The van der Waals surface area contributed by atoms with Crippen LogP contribution >= 0.6 is 0 Å². The summed E-state index contributed by atoms with van der Waals surface area (Å²) in [7, 11) is 3.43. The lowest BCUT2D eigenvalue weighted by Crippen LogP contribution is -2.45. The van der Waals surface area contributed by atoms with Crippen LogP contribution in [0.4, 0.5) is 0 Å². The Kier molecular flexibility index (Phi) is 9.09. The molecule has 1 unspecified atom stereocenters. The summed E-state index contributed by atoms with van der Waals surface area (Å²) < 4.78 is 11.0. The van der Waals surface area contributed by atoms with E-state index < -0.39 is 0 Å². The molecule has 0 spiro atoms. The second-order valence-electron chi connectivity index (χ2n) is 7.59. The van der Waals surface area contributed by atoms with E-state index in [0.717, 1.165) is 56.4 Å². The number of ether oxygens (including phenoxy) is 2. The van der Waals surface area contributed by atoms with Gasteiger partial charge in [-0.25, -0.2) is 0 Å². The van der Waals surface area contributed by atoms with Gasteiger partial charge in [-0.05, 0) is 43.9 Å². The molecule has 1 fully saturated rings. The Bertz CT molecular complexity index is 691. The summed E-state index contributed by atoms with van der Waals surface area (Å²) in [6.45, 7) is 8.85. The molecule has 162 valence electrons. The van der Waals surface area contributed by atoms with Gasteiger partial charge in [0.25, 0.3) is 0 Å². The van der Waals surface area contributed by atoms with Crippen LogP contribution < -0.4 is 20.1 Å². The molecule has 0 aromatic heterocycles. The molecule has 0 saturated carbocycles. The van der Waals surface area contributed by atoms with Crippen LogP contribution in [-0.4, -0.2) is 63.2 Å². The van der Waals surface area contributed by atoms with Crippen LogP contribution in [0, 0.1) is 5.92 Å². The minimum atomic E-state index is 0.0485. The van der Waals surface area contributed by atoms with E-state index in [0.29, 0.717) is 6.61 Å². The van der Waals surface area contributed by atoms with E-state index in [9.17, 15) is 4.79 Å². The highest BCUT2D eigenvalue weighted by atomic mass is 16.5. The first kappa shape index (κ1) is 22.8. The molecule has 1 atom stereocenters. The van der Waals surface area contributed by atoms with Crippen LogP contribution in [0.1, 0.15) is 39.2 Å². The largest absolute Gasteiger partial charge is 0.493 e. The summed E-state index contributed by atoms with van der Waals surface area (Å²) in [5.41, 5.74) is 1.22. The van der Waals surface area contributed by atoms with Crippen LogP contribution in [0.5, 0.6) is 11.5 Å². The first-order valence-corrected chi connectivity index (χ1v) is 10.5. The van der Waals surface area contributed by atoms with Gasteiger partial charge in [-0.1, -0.05) is 19.9 Å². The third-order valence-corrected chi connectivity index (χ3v) is 5.02. The molecule has 2 rings (SSSR count). The van der Waals surface area contributed by atoms with E-state index in [-0.39, 0.29) is 17.9 Å². The average molecular weight is 405 g/mol. The van der Waals surface area contributed by atoms with Crippen LogP contribution in [0.3, 0.4) is 0 Å². The summed E-state index contributed by atoms with van der Waals surface area (Å²) in [6.07, 6.45) is 2.86. The van der Waals surface area contributed by atoms with Gasteiger partial charge in [-0.2, -0.15) is 0 Å². The molecular formula is C22H36N4O3. The van der Waals surface area contributed by atoms with E-state index in [1.54, 1.807) is 14.2 Å². The van der Waals surface area contributed by atoms with Crippen LogP contribution in [0.2, 0.25) is 0 Å². The third kappa shape index (κ3) is 6.84. The molecule has 1 aliphatic heterocycles. The number of aryl methyl sites for hydroxylation is 1. The van der Waals surface area contributed by atoms with Crippen molar-refractivity contribution in [2.45, 2.75) is 46.1 Å². The molecule has 7 heteroatoms. The van der Waals surface area contributed by atoms with Gasteiger partial charge in [-0.3, -0.25) is 9.79 Å². The summed E-state index contributed by atoms with van der Waals surface area (Å²) in [5, 5.41) is 6.81. The fourth-order valence-electron chi connectivity index (χ4n) is 3.48. The van der Waals surface area contributed by atoms with Crippen molar-refractivity contribution in [2.75, 3.05) is 40.4 Å². The molecule has 1 amide bonds. The highest BCUT2D eigenvalue weighted by molar-refractivity contribution is 5.81. The summed E-state index contributed by atoms with van der Waals surface area (Å²) in [4.78, 5) is 18.4. The number of methoxy groups -OCH3 is 1. The average Bonchev–Trinajstić information content (AvgIpc) is 3.18. The van der Waals surface area contributed by atoms with E-state index in [1.165, 1.54) is 5.56 Å². The molecule has 29 heavy (non-hydrogen) atoms. The number of carbonyl (C=O) groups excluding carboxylic acids is 1. The number of amides is 1. The van der Waals surface area contributed by atoms with Gasteiger partial charge in [0.15, 0.2) is 17.5 Å². The molecule has 2 N–H and O–H groups in total. The number of guanidine groups is 1. The number of aliphatic imine (C=N–C) groups is 1. The van der Waals surface area contributed by atoms with Gasteiger partial charge in [0.2, 0.25) is 5.91 Å². The van der Waals surface area contributed by atoms with Crippen molar-refractivity contribution in [3.05, 3.63) is 23.8 Å². The topological polar surface area (TPSA) is 75.2 Å². The number of likely N-dealkylation sites (tertiary alicyclic amines) is 1. The number of benzene rings is 1. The molecule has 1 aliphatic rings. The summed E-state index contributed by atoms with van der Waals surface area (Å²) in [6, 6.07) is 6.33. The molecule has 1 heterocycles. The SMILES string of the molecule is CCOc1cc(CCCNC(=NC)NC2CCN(C(=O)C(C)C)C2)ccc1OC. The number of carbonyl (C=O) groups is 1. The number of nitrogens with one attached hydrogen (secondary N) is 2. The van der Waals surface area contributed by atoms with E-state index in [4.69, 9.17) is 9.47 Å². The Hall–Kier alpha value is -2.44. The summed E-state index contributed by atoms with van der Waals surface area (Å²) >= 11 is 0. The monoisotopic (exact) mass is 404 g/mol. The van der Waals surface area contributed by atoms with Crippen molar-refractivity contribution in [3.63, 3.8) is 0 Å². The van der Waals surface area contributed by atoms with E-state index >= 15 is 0 Å².